The van der Waals surface area contributed by atoms with E-state index in [2.05, 4.69) is 31.3 Å². The maximum absolute atomic E-state index is 5.72. The van der Waals surface area contributed by atoms with Crippen LogP contribution >= 0.6 is 0 Å². The van der Waals surface area contributed by atoms with Gasteiger partial charge in [0.25, 0.3) is 0 Å². The second-order valence-corrected chi connectivity index (χ2v) is 4.54. The number of ether oxygens (including phenoxy) is 2. The average molecular weight is 251 g/mol. The molecule has 18 heavy (non-hydrogen) atoms. The van der Waals surface area contributed by atoms with Gasteiger partial charge in [-0.1, -0.05) is 6.07 Å². The van der Waals surface area contributed by atoms with Crippen molar-refractivity contribution in [3.63, 3.8) is 0 Å². The number of nitrogens with one attached hydrogen (secondary N) is 1. The highest BCUT2D eigenvalue weighted by atomic mass is 16.5. The van der Waals surface area contributed by atoms with E-state index in [0.29, 0.717) is 0 Å². The lowest BCUT2D eigenvalue weighted by atomic mass is 10.1. The van der Waals surface area contributed by atoms with Gasteiger partial charge in [0.15, 0.2) is 0 Å². The summed E-state index contributed by atoms with van der Waals surface area (Å²) in [6.07, 6.45) is 2.21. The Kier molecular flexibility index (Phi) is 7.46. The molecule has 3 heteroatoms. The monoisotopic (exact) mass is 251 g/mol. The van der Waals surface area contributed by atoms with Crippen molar-refractivity contribution in [3.8, 4) is 5.75 Å². The minimum Gasteiger partial charge on any atom is -0.494 e. The van der Waals surface area contributed by atoms with Crippen molar-refractivity contribution >= 4 is 0 Å². The summed E-state index contributed by atoms with van der Waals surface area (Å²) >= 11 is 0. The molecule has 1 aromatic rings. The Balaban J connectivity index is 2.05. The molecule has 0 saturated heterocycles. The summed E-state index contributed by atoms with van der Waals surface area (Å²) in [7, 11) is 1.72. The first-order valence-electron chi connectivity index (χ1n) is 6.63. The molecule has 3 nitrogen and oxygen atoms in total. The number of hydrogen-bond acceptors (Lipinski definition) is 3. The minimum absolute atomic E-state index is 0.777. The number of benzene rings is 1. The van der Waals surface area contributed by atoms with E-state index in [1.165, 1.54) is 11.1 Å². The first kappa shape index (κ1) is 15.0. The SMILES string of the molecule is COCCNCCCCOc1ccc(C)c(C)c1. The van der Waals surface area contributed by atoms with Crippen LogP contribution in [0.4, 0.5) is 0 Å². The first-order chi connectivity index (χ1) is 8.74. The van der Waals surface area contributed by atoms with Crippen LogP contribution in [-0.4, -0.2) is 33.4 Å². The van der Waals surface area contributed by atoms with Gasteiger partial charge in [0.1, 0.15) is 5.75 Å². The van der Waals surface area contributed by atoms with E-state index in [1.54, 1.807) is 7.11 Å². The van der Waals surface area contributed by atoms with E-state index in [0.717, 1.165) is 44.9 Å². The van der Waals surface area contributed by atoms with E-state index in [9.17, 15) is 0 Å². The largest absolute Gasteiger partial charge is 0.494 e. The van der Waals surface area contributed by atoms with Gasteiger partial charge in [-0.2, -0.15) is 0 Å². The van der Waals surface area contributed by atoms with Gasteiger partial charge >= 0.3 is 0 Å². The molecule has 0 aliphatic heterocycles. The zero-order chi connectivity index (χ0) is 13.2. The van der Waals surface area contributed by atoms with Crippen LogP contribution in [0, 0.1) is 13.8 Å². The predicted molar refractivity (Wildman–Crippen MR) is 75.4 cm³/mol. The quantitative estimate of drug-likeness (QED) is 0.685. The molecule has 0 radical (unpaired) electrons. The molecule has 0 bridgehead atoms. The second-order valence-electron chi connectivity index (χ2n) is 4.54. The highest BCUT2D eigenvalue weighted by Gasteiger charge is 1.97. The lowest BCUT2D eigenvalue weighted by Crippen LogP contribution is -2.20. The fraction of sp³-hybridized carbons (Fsp3) is 0.600. The number of hydrogen-bond donors (Lipinski definition) is 1. The van der Waals surface area contributed by atoms with Crippen molar-refractivity contribution in [2.24, 2.45) is 0 Å². The molecule has 0 fully saturated rings. The molecule has 0 saturated carbocycles. The number of aryl methyl sites for hydroxylation is 2. The zero-order valence-electron chi connectivity index (χ0n) is 11.8. The van der Waals surface area contributed by atoms with Gasteiger partial charge in [-0.25, -0.2) is 0 Å². The average Bonchev–Trinajstić information content (AvgIpc) is 2.37. The van der Waals surface area contributed by atoms with Crippen LogP contribution in [0.2, 0.25) is 0 Å². The third kappa shape index (κ3) is 6.03. The minimum atomic E-state index is 0.777. The molecule has 1 N–H and O–H groups in total. The maximum Gasteiger partial charge on any atom is 0.119 e. The Hall–Kier alpha value is -1.06. The van der Waals surface area contributed by atoms with Gasteiger partial charge in [0.05, 0.1) is 13.2 Å². The predicted octanol–water partition coefficient (Wildman–Crippen LogP) is 2.70. The van der Waals surface area contributed by atoms with Crippen molar-refractivity contribution < 1.29 is 9.47 Å². The van der Waals surface area contributed by atoms with Crippen LogP contribution in [0.15, 0.2) is 18.2 Å². The second kappa shape index (κ2) is 8.95. The third-order valence-electron chi connectivity index (χ3n) is 2.98. The Morgan fingerprint density at radius 2 is 1.83 bits per heavy atom. The molecule has 0 aromatic heterocycles. The lowest BCUT2D eigenvalue weighted by molar-refractivity contribution is 0.199. The Bertz CT molecular complexity index is 339. The van der Waals surface area contributed by atoms with Crippen molar-refractivity contribution in [2.75, 3.05) is 33.4 Å². The molecule has 1 rings (SSSR count). The van der Waals surface area contributed by atoms with E-state index >= 15 is 0 Å². The Labute approximate surface area is 110 Å². The van der Waals surface area contributed by atoms with E-state index < -0.39 is 0 Å². The first-order valence-corrected chi connectivity index (χ1v) is 6.63. The summed E-state index contributed by atoms with van der Waals surface area (Å²) in [5.41, 5.74) is 2.60. The Morgan fingerprint density at radius 3 is 2.56 bits per heavy atom. The van der Waals surface area contributed by atoms with E-state index in [1.807, 2.05) is 6.07 Å². The highest BCUT2D eigenvalue weighted by molar-refractivity contribution is 5.33. The number of methoxy groups -OCH3 is 1. The summed E-state index contributed by atoms with van der Waals surface area (Å²) in [6.45, 7) is 7.74. The molecule has 102 valence electrons. The Morgan fingerprint density at radius 1 is 1.00 bits per heavy atom. The highest BCUT2D eigenvalue weighted by Crippen LogP contribution is 2.16. The van der Waals surface area contributed by atoms with Crippen LogP contribution < -0.4 is 10.1 Å². The fourth-order valence-corrected chi connectivity index (χ4v) is 1.65. The molecule has 0 spiro atoms. The molecule has 0 amide bonds. The van der Waals surface area contributed by atoms with Crippen molar-refractivity contribution in [3.05, 3.63) is 29.3 Å². The molecule has 0 aliphatic carbocycles. The summed E-state index contributed by atoms with van der Waals surface area (Å²) in [5, 5.41) is 3.32. The molecular weight excluding hydrogens is 226 g/mol. The molecular formula is C15H25NO2. The smallest absolute Gasteiger partial charge is 0.119 e. The normalized spacial score (nSPS) is 10.6. The van der Waals surface area contributed by atoms with E-state index in [4.69, 9.17) is 9.47 Å². The summed E-state index contributed by atoms with van der Waals surface area (Å²) < 4.78 is 10.7. The molecule has 0 aliphatic rings. The van der Waals surface area contributed by atoms with Crippen LogP contribution in [0.3, 0.4) is 0 Å². The summed E-state index contributed by atoms with van der Waals surface area (Å²) in [4.78, 5) is 0. The number of unbranched alkanes of at least 4 members (excludes halogenated alkanes) is 1. The van der Waals surface area contributed by atoms with Gasteiger partial charge in [0.2, 0.25) is 0 Å². The van der Waals surface area contributed by atoms with Crippen molar-refractivity contribution in [2.45, 2.75) is 26.7 Å². The van der Waals surface area contributed by atoms with Gasteiger partial charge in [-0.05, 0) is 56.5 Å². The third-order valence-corrected chi connectivity index (χ3v) is 2.98. The standard InChI is InChI=1S/C15H25NO2/c1-13-6-7-15(12-14(13)2)18-10-5-4-8-16-9-11-17-3/h6-7,12,16H,4-5,8-11H2,1-3H3. The van der Waals surface area contributed by atoms with Gasteiger partial charge in [0, 0.05) is 13.7 Å². The topological polar surface area (TPSA) is 30.5 Å². The van der Waals surface area contributed by atoms with Crippen LogP contribution in [0.25, 0.3) is 0 Å². The lowest BCUT2D eigenvalue weighted by Gasteiger charge is -2.08. The molecule has 1 aromatic carbocycles. The maximum atomic E-state index is 5.72. The van der Waals surface area contributed by atoms with E-state index in [-0.39, 0.29) is 0 Å². The van der Waals surface area contributed by atoms with Gasteiger partial charge < -0.3 is 14.8 Å². The van der Waals surface area contributed by atoms with Crippen molar-refractivity contribution in [1.29, 1.82) is 0 Å². The van der Waals surface area contributed by atoms with Gasteiger partial charge in [-0.3, -0.25) is 0 Å². The van der Waals surface area contributed by atoms with Crippen molar-refractivity contribution in [1.82, 2.24) is 5.32 Å². The van der Waals surface area contributed by atoms with Gasteiger partial charge in [-0.15, -0.1) is 0 Å². The van der Waals surface area contributed by atoms with Crippen LogP contribution in [0.5, 0.6) is 5.75 Å². The van der Waals surface area contributed by atoms with Crippen LogP contribution in [-0.2, 0) is 4.74 Å². The molecule has 0 heterocycles. The molecule has 0 unspecified atom stereocenters. The zero-order valence-corrected chi connectivity index (χ0v) is 11.8. The summed E-state index contributed by atoms with van der Waals surface area (Å²) in [6, 6.07) is 6.25. The fourth-order valence-electron chi connectivity index (χ4n) is 1.65. The molecule has 0 atom stereocenters. The number of rotatable bonds is 9. The van der Waals surface area contributed by atoms with Crippen LogP contribution in [0.1, 0.15) is 24.0 Å². The summed E-state index contributed by atoms with van der Waals surface area (Å²) in [5.74, 6) is 0.977.